The molecule has 0 unspecified atom stereocenters. The predicted octanol–water partition coefficient (Wildman–Crippen LogP) is 1.86. The molecule has 1 heteroatoms. The maximum Gasteiger partial charge on any atom is 0.0135 e. The van der Waals surface area contributed by atoms with Crippen molar-refractivity contribution in [1.29, 1.82) is 0 Å². The summed E-state index contributed by atoms with van der Waals surface area (Å²) in [6, 6.07) is 0. The van der Waals surface area contributed by atoms with Gasteiger partial charge in [0.05, 0.1) is 0 Å². The quantitative estimate of drug-likeness (QED) is 0.456. The Bertz CT molecular complexity index is 86.8. The van der Waals surface area contributed by atoms with Crippen molar-refractivity contribution < 1.29 is 0 Å². The average Bonchev–Trinajstić information content (AvgIpc) is 1.88. The Balaban J connectivity index is 2.20. The van der Waals surface area contributed by atoms with Crippen molar-refractivity contribution >= 4 is 12.6 Å². The normalized spacial score (nSPS) is 57.0. The predicted molar refractivity (Wildman–Crippen MR) is 33.7 cm³/mol. The Labute approximate surface area is 49.7 Å². The Kier molecular flexibility index (Phi) is 0.619. The lowest BCUT2D eigenvalue weighted by atomic mass is 9.84. The van der Waals surface area contributed by atoms with Crippen molar-refractivity contribution in [2.24, 2.45) is 5.92 Å². The fourth-order valence-electron chi connectivity index (χ4n) is 1.90. The highest BCUT2D eigenvalue weighted by Crippen LogP contribution is 2.55. The molecule has 3 aliphatic rings. The molecule has 0 nitrogen and oxygen atoms in total. The summed E-state index contributed by atoms with van der Waals surface area (Å²) in [7, 11) is 0. The number of fused-ring (bicyclic) bond motifs is 1. The van der Waals surface area contributed by atoms with Gasteiger partial charge in [-0.3, -0.25) is 0 Å². The summed E-state index contributed by atoms with van der Waals surface area (Å²) in [6.45, 7) is 0. The second-order valence-electron chi connectivity index (χ2n) is 3.04. The van der Waals surface area contributed by atoms with E-state index in [9.17, 15) is 0 Å². The Hall–Kier alpha value is 0.350. The van der Waals surface area contributed by atoms with Gasteiger partial charge in [0.25, 0.3) is 0 Å². The van der Waals surface area contributed by atoms with E-state index in [-0.39, 0.29) is 0 Å². The van der Waals surface area contributed by atoms with E-state index >= 15 is 0 Å². The van der Waals surface area contributed by atoms with E-state index in [4.69, 9.17) is 0 Å². The molecule has 7 heavy (non-hydrogen) atoms. The molecule has 0 aromatic heterocycles. The summed E-state index contributed by atoms with van der Waals surface area (Å²) in [5.74, 6) is 1.08. The molecule has 0 heterocycles. The van der Waals surface area contributed by atoms with Crippen molar-refractivity contribution in [3.63, 3.8) is 0 Å². The molecule has 0 radical (unpaired) electrons. The lowest BCUT2D eigenvalue weighted by Gasteiger charge is -2.33. The molecule has 0 aromatic rings. The van der Waals surface area contributed by atoms with Crippen LogP contribution in [0.1, 0.15) is 25.7 Å². The number of thiol groups is 1. The first-order valence-corrected chi connectivity index (χ1v) is 3.46. The summed E-state index contributed by atoms with van der Waals surface area (Å²) in [6.07, 6.45) is 5.68. The largest absolute Gasteiger partial charge is 0.172 e. The highest BCUT2D eigenvalue weighted by atomic mass is 32.1. The monoisotopic (exact) mass is 114 g/mol. The molecular weight excluding hydrogens is 104 g/mol. The fraction of sp³-hybridized carbons (Fsp3) is 1.00. The lowest BCUT2D eigenvalue weighted by Crippen LogP contribution is -2.27. The van der Waals surface area contributed by atoms with Crippen molar-refractivity contribution in [2.45, 2.75) is 30.4 Å². The van der Waals surface area contributed by atoms with Crippen LogP contribution in [0.5, 0.6) is 0 Å². The van der Waals surface area contributed by atoms with E-state index in [1.54, 1.807) is 0 Å². The molecule has 0 aromatic carbocycles. The molecular formula is C6H10S. The molecule has 0 N–H and O–H groups in total. The summed E-state index contributed by atoms with van der Waals surface area (Å²) in [5, 5.41) is 0. The van der Waals surface area contributed by atoms with Gasteiger partial charge in [-0.1, -0.05) is 0 Å². The SMILES string of the molecule is SC12CCC(C1)C2. The third-order valence-corrected chi connectivity index (χ3v) is 2.94. The van der Waals surface area contributed by atoms with Gasteiger partial charge in [-0.15, -0.1) is 0 Å². The van der Waals surface area contributed by atoms with Crippen molar-refractivity contribution in [1.82, 2.24) is 0 Å². The van der Waals surface area contributed by atoms with Crippen LogP contribution in [0, 0.1) is 5.92 Å². The van der Waals surface area contributed by atoms with Crippen LogP contribution in [-0.2, 0) is 0 Å². The smallest absolute Gasteiger partial charge is 0.0135 e. The first-order valence-electron chi connectivity index (χ1n) is 3.01. The van der Waals surface area contributed by atoms with Gasteiger partial charge in [0.15, 0.2) is 0 Å². The van der Waals surface area contributed by atoms with Crippen molar-refractivity contribution in [2.75, 3.05) is 0 Å². The average molecular weight is 114 g/mol. The van der Waals surface area contributed by atoms with Crippen LogP contribution >= 0.6 is 12.6 Å². The third-order valence-electron chi connectivity index (χ3n) is 2.36. The highest BCUT2D eigenvalue weighted by Gasteiger charge is 2.47. The van der Waals surface area contributed by atoms with Gasteiger partial charge >= 0.3 is 0 Å². The second-order valence-corrected chi connectivity index (χ2v) is 3.99. The number of hydrogen-bond acceptors (Lipinski definition) is 1. The van der Waals surface area contributed by atoms with E-state index in [1.165, 1.54) is 25.7 Å². The maximum absolute atomic E-state index is 4.52. The topological polar surface area (TPSA) is 0 Å². The number of hydrogen-bond donors (Lipinski definition) is 1. The van der Waals surface area contributed by atoms with Crippen LogP contribution in [-0.4, -0.2) is 4.75 Å². The van der Waals surface area contributed by atoms with Gasteiger partial charge in [-0.25, -0.2) is 0 Å². The molecule has 0 atom stereocenters. The van der Waals surface area contributed by atoms with E-state index in [1.807, 2.05) is 0 Å². The summed E-state index contributed by atoms with van der Waals surface area (Å²) in [5.41, 5.74) is 0. The van der Waals surface area contributed by atoms with Crippen LogP contribution in [0.15, 0.2) is 0 Å². The molecule has 3 aliphatic carbocycles. The Morgan fingerprint density at radius 2 is 2.14 bits per heavy atom. The second kappa shape index (κ2) is 1.02. The van der Waals surface area contributed by atoms with E-state index in [2.05, 4.69) is 12.6 Å². The van der Waals surface area contributed by atoms with Gasteiger partial charge in [0.1, 0.15) is 0 Å². The van der Waals surface area contributed by atoms with Crippen LogP contribution in [0.4, 0.5) is 0 Å². The van der Waals surface area contributed by atoms with E-state index in [0.29, 0.717) is 4.75 Å². The molecule has 0 spiro atoms. The molecule has 3 rings (SSSR count). The van der Waals surface area contributed by atoms with Crippen LogP contribution in [0.25, 0.3) is 0 Å². The number of rotatable bonds is 0. The maximum atomic E-state index is 4.52. The molecule has 40 valence electrons. The first kappa shape index (κ1) is 4.25. The minimum Gasteiger partial charge on any atom is -0.172 e. The zero-order valence-corrected chi connectivity index (χ0v) is 5.25. The molecule has 0 aliphatic heterocycles. The molecule has 0 amide bonds. The molecule has 3 saturated carbocycles. The van der Waals surface area contributed by atoms with Crippen molar-refractivity contribution in [3.8, 4) is 0 Å². The van der Waals surface area contributed by atoms with Gasteiger partial charge in [0, 0.05) is 4.75 Å². The molecule has 0 saturated heterocycles. The molecule has 3 fully saturated rings. The van der Waals surface area contributed by atoms with E-state index in [0.717, 1.165) is 5.92 Å². The minimum absolute atomic E-state index is 0.532. The fourth-order valence-corrected chi connectivity index (χ4v) is 2.54. The third kappa shape index (κ3) is 0.449. The van der Waals surface area contributed by atoms with E-state index < -0.39 is 0 Å². The zero-order valence-electron chi connectivity index (χ0n) is 4.35. The van der Waals surface area contributed by atoms with Gasteiger partial charge in [-0.2, -0.15) is 12.6 Å². The first-order chi connectivity index (χ1) is 3.29. The van der Waals surface area contributed by atoms with Crippen LogP contribution < -0.4 is 0 Å². The zero-order chi connectivity index (χ0) is 4.91. The summed E-state index contributed by atoms with van der Waals surface area (Å²) < 4.78 is 0.532. The summed E-state index contributed by atoms with van der Waals surface area (Å²) >= 11 is 4.52. The Morgan fingerprint density at radius 3 is 2.29 bits per heavy atom. The summed E-state index contributed by atoms with van der Waals surface area (Å²) in [4.78, 5) is 0. The van der Waals surface area contributed by atoms with Crippen LogP contribution in [0.3, 0.4) is 0 Å². The minimum atomic E-state index is 0.532. The highest BCUT2D eigenvalue weighted by molar-refractivity contribution is 7.81. The van der Waals surface area contributed by atoms with Gasteiger partial charge in [-0.05, 0) is 31.6 Å². The lowest BCUT2D eigenvalue weighted by molar-refractivity contribution is 0.343. The van der Waals surface area contributed by atoms with Gasteiger partial charge in [0.2, 0.25) is 0 Å². The van der Waals surface area contributed by atoms with Crippen LogP contribution in [0.2, 0.25) is 0 Å². The van der Waals surface area contributed by atoms with Crippen molar-refractivity contribution in [3.05, 3.63) is 0 Å². The Morgan fingerprint density at radius 1 is 1.43 bits per heavy atom. The standard InChI is InChI=1S/C6H10S/c7-6-2-1-5(3-6)4-6/h5,7H,1-4H2. The van der Waals surface area contributed by atoms with Gasteiger partial charge < -0.3 is 0 Å². The molecule has 2 bridgehead atoms.